The van der Waals surface area contributed by atoms with Crippen molar-refractivity contribution in [1.29, 1.82) is 0 Å². The van der Waals surface area contributed by atoms with Crippen LogP contribution in [0.25, 0.3) is 0 Å². The molecule has 4 aliphatic heterocycles. The van der Waals surface area contributed by atoms with Gasteiger partial charge in [-0.1, -0.05) is 71.8 Å². The number of ether oxygens (including phenoxy) is 1. The molecule has 0 radical (unpaired) electrons. The number of likely N-dealkylation sites (tertiary alicyclic amines) is 1. The van der Waals surface area contributed by atoms with Gasteiger partial charge in [-0.25, -0.2) is 0 Å². The van der Waals surface area contributed by atoms with Crippen molar-refractivity contribution in [2.75, 3.05) is 26.2 Å². The van der Waals surface area contributed by atoms with E-state index in [1.807, 2.05) is 68.7 Å². The van der Waals surface area contributed by atoms with Crippen molar-refractivity contribution in [2.45, 2.75) is 103 Å². The lowest BCUT2D eigenvalue weighted by atomic mass is 9.73. The summed E-state index contributed by atoms with van der Waals surface area (Å²) >= 11 is 0. The van der Waals surface area contributed by atoms with Gasteiger partial charge in [-0.15, -0.1) is 0 Å². The van der Waals surface area contributed by atoms with Gasteiger partial charge < -0.3 is 24.5 Å². The van der Waals surface area contributed by atoms with Crippen LogP contribution in [0.1, 0.15) is 73.6 Å². The Labute approximate surface area is 228 Å². The van der Waals surface area contributed by atoms with Gasteiger partial charge in [-0.2, -0.15) is 0 Å². The van der Waals surface area contributed by atoms with E-state index in [1.54, 1.807) is 4.90 Å². The Hall–Kier alpha value is -2.19. The largest absolute Gasteiger partial charge is 0.394 e. The van der Waals surface area contributed by atoms with Crippen molar-refractivity contribution in [3.63, 3.8) is 0 Å². The van der Waals surface area contributed by atoms with Crippen LogP contribution in [0.3, 0.4) is 0 Å². The highest BCUT2D eigenvalue weighted by Crippen LogP contribution is 2.59. The second-order valence-electron chi connectivity index (χ2n) is 11.7. The molecule has 2 saturated heterocycles. The fourth-order valence-corrected chi connectivity index (χ4v) is 7.38. The standard InChI is InChI=1S/C30H47N3O5/c1-7-13-21(6)32-18-12-15-30-24(27(36)33(25(30)28(32)37)22(19-34)20(5)9-3)23-26(35)31(16-8-2)17-11-14-29(23,10-4)38-30/h11-12,14-15,20-25,34H,7-10,13,16-19H2,1-6H3/t20-,21?,22-,23-,24-,25?,29+,30-/m0/s1. The summed E-state index contributed by atoms with van der Waals surface area (Å²) in [6.07, 6.45) is 11.7. The van der Waals surface area contributed by atoms with Crippen molar-refractivity contribution >= 4 is 17.7 Å². The lowest BCUT2D eigenvalue weighted by Gasteiger charge is -2.43. The maximum Gasteiger partial charge on any atom is 0.249 e. The molecule has 0 aromatic carbocycles. The molecule has 0 saturated carbocycles. The minimum Gasteiger partial charge on any atom is -0.394 e. The first kappa shape index (κ1) is 28.8. The monoisotopic (exact) mass is 529 g/mol. The Morgan fingerprint density at radius 2 is 1.68 bits per heavy atom. The molecule has 0 bridgehead atoms. The van der Waals surface area contributed by atoms with Gasteiger partial charge in [0.25, 0.3) is 0 Å². The Bertz CT molecular complexity index is 981. The quantitative estimate of drug-likeness (QED) is 0.439. The number of aliphatic hydroxyl groups is 1. The molecule has 1 N–H and O–H groups in total. The fourth-order valence-electron chi connectivity index (χ4n) is 7.38. The van der Waals surface area contributed by atoms with E-state index in [0.29, 0.717) is 26.1 Å². The maximum absolute atomic E-state index is 14.6. The average Bonchev–Trinajstić information content (AvgIpc) is 3.19. The number of hydrogen-bond donors (Lipinski definition) is 1. The van der Waals surface area contributed by atoms with Crippen LogP contribution in [0.15, 0.2) is 24.3 Å². The predicted octanol–water partition coefficient (Wildman–Crippen LogP) is 3.15. The molecule has 4 rings (SSSR count). The Kier molecular flexibility index (Phi) is 8.43. The summed E-state index contributed by atoms with van der Waals surface area (Å²) in [4.78, 5) is 48.6. The topological polar surface area (TPSA) is 90.4 Å². The zero-order valence-corrected chi connectivity index (χ0v) is 24.1. The van der Waals surface area contributed by atoms with E-state index in [0.717, 1.165) is 25.7 Å². The lowest BCUT2D eigenvalue weighted by molar-refractivity contribution is -0.159. The molecule has 0 aromatic rings. The van der Waals surface area contributed by atoms with E-state index < -0.39 is 35.1 Å². The van der Waals surface area contributed by atoms with Crippen LogP contribution in [-0.4, -0.2) is 93.1 Å². The zero-order chi connectivity index (χ0) is 27.8. The van der Waals surface area contributed by atoms with Crippen molar-refractivity contribution in [3.05, 3.63) is 24.3 Å². The fraction of sp³-hybridized carbons (Fsp3) is 0.767. The summed E-state index contributed by atoms with van der Waals surface area (Å²) in [5.74, 6) is -2.08. The Balaban J connectivity index is 1.92. The second-order valence-corrected chi connectivity index (χ2v) is 11.7. The molecule has 4 aliphatic rings. The Morgan fingerprint density at radius 1 is 0.974 bits per heavy atom. The van der Waals surface area contributed by atoms with Crippen LogP contribution in [0.4, 0.5) is 0 Å². The van der Waals surface area contributed by atoms with E-state index in [9.17, 15) is 19.5 Å². The number of fused-ring (bicyclic) bond motifs is 2. The third kappa shape index (κ3) is 4.23. The van der Waals surface area contributed by atoms with Gasteiger partial charge >= 0.3 is 0 Å². The average molecular weight is 530 g/mol. The van der Waals surface area contributed by atoms with E-state index in [4.69, 9.17) is 4.74 Å². The van der Waals surface area contributed by atoms with Crippen LogP contribution in [0.2, 0.25) is 0 Å². The summed E-state index contributed by atoms with van der Waals surface area (Å²) in [5.41, 5.74) is -2.24. The van der Waals surface area contributed by atoms with Crippen LogP contribution < -0.4 is 0 Å². The molecule has 0 aliphatic carbocycles. The maximum atomic E-state index is 14.6. The second kappa shape index (κ2) is 11.1. The smallest absolute Gasteiger partial charge is 0.249 e. The molecule has 2 unspecified atom stereocenters. The molecular formula is C30H47N3O5. The molecule has 3 amide bonds. The van der Waals surface area contributed by atoms with Crippen LogP contribution in [0, 0.1) is 17.8 Å². The lowest BCUT2D eigenvalue weighted by Crippen LogP contribution is -2.60. The normalized spacial score (nSPS) is 35.1. The van der Waals surface area contributed by atoms with Crippen LogP contribution in [0.5, 0.6) is 0 Å². The number of carbonyl (C=O) groups is 3. The van der Waals surface area contributed by atoms with Gasteiger partial charge in [0.2, 0.25) is 17.7 Å². The van der Waals surface area contributed by atoms with Crippen LogP contribution in [-0.2, 0) is 19.1 Å². The highest BCUT2D eigenvalue weighted by Gasteiger charge is 2.76. The van der Waals surface area contributed by atoms with Crippen molar-refractivity contribution in [3.8, 4) is 0 Å². The summed E-state index contributed by atoms with van der Waals surface area (Å²) in [7, 11) is 0. The Morgan fingerprint density at radius 3 is 2.29 bits per heavy atom. The highest BCUT2D eigenvalue weighted by atomic mass is 16.5. The highest BCUT2D eigenvalue weighted by molar-refractivity contribution is 6.00. The number of aliphatic hydroxyl groups excluding tert-OH is 1. The van der Waals surface area contributed by atoms with Gasteiger partial charge in [-0.05, 0) is 32.1 Å². The minimum absolute atomic E-state index is 0.00642. The SMILES string of the molecule is CCCC(C)N1CC=C[C@]23O[C@]4(CC)C=CCN(CCC)C(=O)[C@@H]4[C@H]2C(=O)N([C@@H](CO)[C@@H](C)CC)C3C1=O. The molecule has 2 fully saturated rings. The summed E-state index contributed by atoms with van der Waals surface area (Å²) in [5, 5.41) is 10.5. The summed E-state index contributed by atoms with van der Waals surface area (Å²) in [6, 6.07) is -1.48. The number of carbonyl (C=O) groups excluding carboxylic acids is 3. The van der Waals surface area contributed by atoms with Crippen molar-refractivity contribution < 1.29 is 24.2 Å². The molecule has 8 atom stereocenters. The van der Waals surface area contributed by atoms with Gasteiger partial charge in [0.1, 0.15) is 11.6 Å². The van der Waals surface area contributed by atoms with Gasteiger partial charge in [0.15, 0.2) is 0 Å². The first-order valence-electron chi connectivity index (χ1n) is 14.8. The van der Waals surface area contributed by atoms with Crippen molar-refractivity contribution in [2.24, 2.45) is 17.8 Å². The number of rotatable bonds is 10. The molecule has 8 nitrogen and oxygen atoms in total. The van der Waals surface area contributed by atoms with Gasteiger partial charge in [0.05, 0.1) is 30.1 Å². The third-order valence-corrected chi connectivity index (χ3v) is 9.57. The van der Waals surface area contributed by atoms with E-state index >= 15 is 0 Å². The molecule has 0 aromatic heterocycles. The first-order valence-corrected chi connectivity index (χ1v) is 14.8. The molecule has 38 heavy (non-hydrogen) atoms. The van der Waals surface area contributed by atoms with Gasteiger partial charge in [-0.3, -0.25) is 14.4 Å². The predicted molar refractivity (Wildman–Crippen MR) is 146 cm³/mol. The number of nitrogens with zero attached hydrogens (tertiary/aromatic N) is 3. The zero-order valence-electron chi connectivity index (χ0n) is 24.1. The molecule has 4 heterocycles. The molecular weight excluding hydrogens is 482 g/mol. The summed E-state index contributed by atoms with van der Waals surface area (Å²) in [6.45, 7) is 13.5. The van der Waals surface area contributed by atoms with Crippen LogP contribution >= 0.6 is 0 Å². The van der Waals surface area contributed by atoms with Crippen molar-refractivity contribution in [1.82, 2.24) is 14.7 Å². The van der Waals surface area contributed by atoms with E-state index in [-0.39, 0.29) is 36.3 Å². The molecule has 1 spiro atoms. The first-order chi connectivity index (χ1) is 18.2. The number of amides is 3. The van der Waals surface area contributed by atoms with Gasteiger partial charge in [0, 0.05) is 25.7 Å². The third-order valence-electron chi connectivity index (χ3n) is 9.57. The minimum atomic E-state index is -1.27. The summed E-state index contributed by atoms with van der Waals surface area (Å²) < 4.78 is 7.03. The molecule has 8 heteroatoms. The number of hydrogen-bond acceptors (Lipinski definition) is 5. The van der Waals surface area contributed by atoms with E-state index in [2.05, 4.69) is 6.92 Å². The van der Waals surface area contributed by atoms with E-state index in [1.165, 1.54) is 0 Å². The molecule has 212 valence electrons.